The molecule has 0 aliphatic heterocycles. The third-order valence-electron chi connectivity index (χ3n) is 1.44. The maximum atomic E-state index is 12.3. The van der Waals surface area contributed by atoms with Crippen molar-refractivity contribution in [1.82, 2.24) is 9.97 Å². The van der Waals surface area contributed by atoms with Crippen molar-refractivity contribution in [3.05, 3.63) is 11.8 Å². The Morgan fingerprint density at radius 1 is 1.24 bits per heavy atom. The largest absolute Gasteiger partial charge is 0.488 e. The second-order valence-electron chi connectivity index (χ2n) is 2.71. The minimum atomic E-state index is -4.81. The highest BCUT2D eigenvalue weighted by Crippen LogP contribution is 2.32. The van der Waals surface area contributed by atoms with Gasteiger partial charge in [0.25, 0.3) is 0 Å². The van der Waals surface area contributed by atoms with Crippen LogP contribution >= 0.6 is 11.6 Å². The number of hydrogen-bond donors (Lipinski definition) is 1. The van der Waals surface area contributed by atoms with Crippen LogP contribution in [0.1, 0.15) is 5.69 Å². The maximum absolute atomic E-state index is 12.3. The van der Waals surface area contributed by atoms with Gasteiger partial charge in [0.05, 0.1) is 0 Å². The van der Waals surface area contributed by atoms with Crippen LogP contribution in [-0.4, -0.2) is 22.6 Å². The molecule has 0 radical (unpaired) electrons. The SMILES string of the molecule is CNc1nc(OC(F)(F)Cl)cc(C(F)(F)F)n1. The summed E-state index contributed by atoms with van der Waals surface area (Å²) in [4.78, 5) is 6.28. The molecule has 10 heteroatoms. The predicted molar refractivity (Wildman–Crippen MR) is 48.0 cm³/mol. The smallest absolute Gasteiger partial charge is 0.402 e. The quantitative estimate of drug-likeness (QED) is 0.682. The van der Waals surface area contributed by atoms with Gasteiger partial charge in [-0.1, -0.05) is 0 Å². The van der Waals surface area contributed by atoms with E-state index < -0.39 is 29.3 Å². The first-order chi connectivity index (χ1) is 7.62. The summed E-state index contributed by atoms with van der Waals surface area (Å²) in [6.07, 6.45) is -4.81. The first kappa shape index (κ1) is 13.7. The first-order valence-corrected chi connectivity index (χ1v) is 4.39. The van der Waals surface area contributed by atoms with E-state index >= 15 is 0 Å². The number of rotatable bonds is 3. The van der Waals surface area contributed by atoms with Crippen LogP contribution in [0.3, 0.4) is 0 Å². The van der Waals surface area contributed by atoms with E-state index in [2.05, 4.69) is 31.6 Å². The Kier molecular flexibility index (Phi) is 3.60. The van der Waals surface area contributed by atoms with Gasteiger partial charge < -0.3 is 10.1 Å². The van der Waals surface area contributed by atoms with Gasteiger partial charge in [-0.2, -0.15) is 18.2 Å². The monoisotopic (exact) mass is 277 g/mol. The fraction of sp³-hybridized carbons (Fsp3) is 0.429. The zero-order chi connectivity index (χ0) is 13.3. The molecule has 0 amide bonds. The van der Waals surface area contributed by atoms with Gasteiger partial charge in [-0.15, -0.1) is 8.78 Å². The lowest BCUT2D eigenvalue weighted by molar-refractivity contribution is -0.142. The number of aromatic nitrogens is 2. The number of halogens is 6. The minimum absolute atomic E-state index is 0.219. The first-order valence-electron chi connectivity index (χ1n) is 4.01. The summed E-state index contributed by atoms with van der Waals surface area (Å²) >= 11 is 4.41. The summed E-state index contributed by atoms with van der Waals surface area (Å²) in [6, 6.07) is 0.219. The summed E-state index contributed by atoms with van der Waals surface area (Å²) < 4.78 is 65.2. The van der Waals surface area contributed by atoms with Gasteiger partial charge in [-0.05, 0) is 0 Å². The number of ether oxygens (including phenoxy) is 1. The molecule has 96 valence electrons. The summed E-state index contributed by atoms with van der Waals surface area (Å²) in [5.41, 5.74) is -5.57. The van der Waals surface area contributed by atoms with Gasteiger partial charge in [0.1, 0.15) is 0 Å². The summed E-state index contributed by atoms with van der Waals surface area (Å²) in [6.45, 7) is 0. The van der Waals surface area contributed by atoms with Gasteiger partial charge >= 0.3 is 11.7 Å². The van der Waals surface area contributed by atoms with Crippen molar-refractivity contribution < 1.29 is 26.7 Å². The highest BCUT2D eigenvalue weighted by molar-refractivity contribution is 6.20. The second kappa shape index (κ2) is 4.47. The fourth-order valence-electron chi connectivity index (χ4n) is 0.853. The topological polar surface area (TPSA) is 47.0 Å². The van der Waals surface area contributed by atoms with E-state index in [1.54, 1.807) is 0 Å². The second-order valence-corrected chi connectivity index (χ2v) is 3.15. The average molecular weight is 278 g/mol. The third-order valence-corrected chi connectivity index (χ3v) is 1.51. The number of nitrogens with one attached hydrogen (secondary N) is 1. The Hall–Kier alpha value is -1.38. The van der Waals surface area contributed by atoms with Crippen molar-refractivity contribution in [3.63, 3.8) is 0 Å². The molecule has 1 aromatic rings. The lowest BCUT2D eigenvalue weighted by atomic mass is 10.4. The molecule has 17 heavy (non-hydrogen) atoms. The number of anilines is 1. The van der Waals surface area contributed by atoms with E-state index in [4.69, 9.17) is 0 Å². The van der Waals surface area contributed by atoms with Crippen LogP contribution in [0.2, 0.25) is 0 Å². The van der Waals surface area contributed by atoms with Crippen molar-refractivity contribution in [2.75, 3.05) is 12.4 Å². The van der Waals surface area contributed by atoms with E-state index in [0.29, 0.717) is 0 Å². The van der Waals surface area contributed by atoms with Crippen molar-refractivity contribution in [2.45, 2.75) is 11.7 Å². The molecule has 0 unspecified atom stereocenters. The fourth-order valence-corrected chi connectivity index (χ4v) is 0.932. The Labute approximate surface area is 96.8 Å². The zero-order valence-electron chi connectivity index (χ0n) is 8.15. The Morgan fingerprint density at radius 2 is 1.82 bits per heavy atom. The number of alkyl halides is 6. The van der Waals surface area contributed by atoms with Crippen LogP contribution in [0.25, 0.3) is 0 Å². The van der Waals surface area contributed by atoms with Gasteiger partial charge in [0.2, 0.25) is 11.8 Å². The van der Waals surface area contributed by atoms with E-state index in [9.17, 15) is 22.0 Å². The highest BCUT2D eigenvalue weighted by atomic mass is 35.5. The molecule has 0 fully saturated rings. The van der Waals surface area contributed by atoms with E-state index in [0.717, 1.165) is 0 Å². The molecule has 1 N–H and O–H groups in total. The van der Waals surface area contributed by atoms with E-state index in [-0.39, 0.29) is 6.07 Å². The molecule has 0 aromatic carbocycles. The van der Waals surface area contributed by atoms with Gasteiger partial charge in [0, 0.05) is 24.7 Å². The van der Waals surface area contributed by atoms with Crippen molar-refractivity contribution in [3.8, 4) is 5.88 Å². The molecule has 1 aromatic heterocycles. The van der Waals surface area contributed by atoms with E-state index in [1.807, 2.05) is 0 Å². The third kappa shape index (κ3) is 4.17. The summed E-state index contributed by atoms with van der Waals surface area (Å²) in [7, 11) is 1.22. The van der Waals surface area contributed by atoms with Gasteiger partial charge in [0.15, 0.2) is 5.69 Å². The Bertz CT molecular complexity index is 405. The zero-order valence-corrected chi connectivity index (χ0v) is 8.90. The maximum Gasteiger partial charge on any atom is 0.488 e. The van der Waals surface area contributed by atoms with Crippen LogP contribution < -0.4 is 10.1 Å². The molecule has 0 bridgehead atoms. The lowest BCUT2D eigenvalue weighted by Crippen LogP contribution is -2.18. The molecule has 1 heterocycles. The molecular formula is C7H5ClF5N3O. The molecular weight excluding hydrogens is 273 g/mol. The van der Waals surface area contributed by atoms with E-state index in [1.165, 1.54) is 7.05 Å². The molecule has 0 saturated carbocycles. The molecule has 0 spiro atoms. The Morgan fingerprint density at radius 3 is 2.24 bits per heavy atom. The molecule has 0 saturated heterocycles. The van der Waals surface area contributed by atoms with Gasteiger partial charge in [-0.3, -0.25) is 0 Å². The van der Waals surface area contributed by atoms with Crippen LogP contribution in [0, 0.1) is 0 Å². The molecule has 0 atom stereocenters. The van der Waals surface area contributed by atoms with Crippen molar-refractivity contribution >= 4 is 17.5 Å². The Balaban J connectivity index is 3.15. The van der Waals surface area contributed by atoms with Crippen LogP contribution in [0.5, 0.6) is 5.88 Å². The molecule has 1 rings (SSSR count). The molecule has 0 aliphatic rings. The van der Waals surface area contributed by atoms with Crippen LogP contribution in [0.4, 0.5) is 27.9 Å². The predicted octanol–water partition coefficient (Wildman–Crippen LogP) is 2.71. The van der Waals surface area contributed by atoms with Crippen LogP contribution in [-0.2, 0) is 6.18 Å². The number of hydrogen-bond acceptors (Lipinski definition) is 4. The summed E-state index contributed by atoms with van der Waals surface area (Å²) in [5.74, 6) is -1.51. The van der Waals surface area contributed by atoms with Gasteiger partial charge in [-0.25, -0.2) is 4.98 Å². The lowest BCUT2D eigenvalue weighted by Gasteiger charge is -2.12. The summed E-state index contributed by atoms with van der Waals surface area (Å²) in [5, 5.41) is 2.18. The van der Waals surface area contributed by atoms with Crippen molar-refractivity contribution in [2.24, 2.45) is 0 Å². The normalized spacial score (nSPS) is 12.4. The number of nitrogens with zero attached hydrogens (tertiary/aromatic N) is 2. The van der Waals surface area contributed by atoms with Crippen LogP contribution in [0.15, 0.2) is 6.07 Å². The van der Waals surface area contributed by atoms with Crippen molar-refractivity contribution in [1.29, 1.82) is 0 Å². The minimum Gasteiger partial charge on any atom is -0.402 e. The average Bonchev–Trinajstić information content (AvgIpc) is 2.13. The molecule has 4 nitrogen and oxygen atoms in total. The highest BCUT2D eigenvalue weighted by Gasteiger charge is 2.35. The molecule has 0 aliphatic carbocycles. The standard InChI is InChI=1S/C7H5ClF5N3O/c1-14-5-15-3(6(9,10)11)2-4(16-5)17-7(8,12)13/h2H,1H3,(H,14,15,16).